The molecule has 0 aliphatic heterocycles. The molecule has 6 aromatic carbocycles. The second-order valence-electron chi connectivity index (χ2n) is 25.9. The Morgan fingerprint density at radius 1 is 0.425 bits per heavy atom. The van der Waals surface area contributed by atoms with Gasteiger partial charge in [0, 0.05) is 102 Å². The highest BCUT2D eigenvalue weighted by molar-refractivity contribution is 7.98. The lowest BCUT2D eigenvalue weighted by Gasteiger charge is -2.33. The normalized spacial score (nSPS) is 18.3. The highest BCUT2D eigenvalue weighted by Crippen LogP contribution is 2.34. The number of hydrogen-bond acceptors (Lipinski definition) is 14. The second-order valence-corrected chi connectivity index (χ2v) is 30.3. The van der Waals surface area contributed by atoms with Gasteiger partial charge >= 0.3 is 18.5 Å². The highest BCUT2D eigenvalue weighted by atomic mass is 32.2. The molecule has 20 nitrogen and oxygen atoms in total. The number of rotatable bonds is 24. The van der Waals surface area contributed by atoms with Crippen LogP contribution in [0.4, 0.5) is 39.5 Å². The molecule has 0 aromatic heterocycles. The molecule has 6 amide bonds. The smallest absolute Gasteiger partial charge is 0.351 e. The molecule has 3 aliphatic rings. The number of carbonyl (C=O) groups excluding carboxylic acids is 9. The Morgan fingerprint density at radius 3 is 1.14 bits per heavy atom. The summed E-state index contributed by atoms with van der Waals surface area (Å²) >= 11 is 1.59. The van der Waals surface area contributed by atoms with E-state index in [9.17, 15) is 99.5 Å². The molecule has 0 saturated heterocycles. The van der Waals surface area contributed by atoms with Crippen LogP contribution in [0, 0.1) is 11.8 Å². The van der Waals surface area contributed by atoms with Crippen molar-refractivity contribution in [3.63, 3.8) is 0 Å². The van der Waals surface area contributed by atoms with Gasteiger partial charge < -0.3 is 31.9 Å². The first-order valence-corrected chi connectivity index (χ1v) is 38.5. The molecule has 0 radical (unpaired) electrons. The van der Waals surface area contributed by atoms with Crippen molar-refractivity contribution >= 4 is 84.4 Å². The van der Waals surface area contributed by atoms with Gasteiger partial charge in [-0.05, 0) is 178 Å². The van der Waals surface area contributed by atoms with Gasteiger partial charge in [-0.15, -0.1) is 11.8 Å². The summed E-state index contributed by atoms with van der Waals surface area (Å²) in [5.74, 6) is -4.29. The molecule has 3 saturated carbocycles. The van der Waals surface area contributed by atoms with Gasteiger partial charge in [-0.2, -0.15) is 39.5 Å². The van der Waals surface area contributed by atoms with Crippen molar-refractivity contribution in [2.24, 2.45) is 17.0 Å². The summed E-state index contributed by atoms with van der Waals surface area (Å²) in [6.07, 6.45) is -1.43. The van der Waals surface area contributed by atoms with E-state index in [1.165, 1.54) is 66.7 Å². The van der Waals surface area contributed by atoms with Crippen LogP contribution in [0.15, 0.2) is 160 Å². The van der Waals surface area contributed by atoms with E-state index in [1.54, 1.807) is 23.9 Å². The number of halogens is 9. The quantitative estimate of drug-likeness (QED) is 0.0168. The number of ketones is 3. The van der Waals surface area contributed by atoms with Gasteiger partial charge in [-0.3, -0.25) is 43.2 Å². The Hall–Kier alpha value is -9.27. The molecule has 32 heteroatoms. The molecule has 6 aromatic rings. The number of carbonyl (C=O) groups is 9. The zero-order valence-corrected chi connectivity index (χ0v) is 60.0. The Labute approximate surface area is 618 Å². The Morgan fingerprint density at radius 2 is 0.764 bits per heavy atom. The van der Waals surface area contributed by atoms with Crippen molar-refractivity contribution in [1.82, 2.24) is 31.9 Å². The monoisotopic (exact) mass is 1550 g/mol. The number of primary sulfonamides is 1. The van der Waals surface area contributed by atoms with Crippen molar-refractivity contribution in [3.05, 3.63) is 196 Å². The minimum atomic E-state index is -4.59. The fourth-order valence-electron chi connectivity index (χ4n) is 12.4. The van der Waals surface area contributed by atoms with Crippen molar-refractivity contribution in [3.8, 4) is 0 Å². The van der Waals surface area contributed by atoms with E-state index in [1.807, 2.05) is 18.4 Å². The van der Waals surface area contributed by atoms with E-state index in [0.29, 0.717) is 31.2 Å². The van der Waals surface area contributed by atoms with Crippen molar-refractivity contribution in [2.45, 2.75) is 160 Å². The van der Waals surface area contributed by atoms with Gasteiger partial charge in [0.1, 0.15) is 0 Å². The van der Waals surface area contributed by atoms with E-state index < -0.39 is 90.4 Å². The van der Waals surface area contributed by atoms with E-state index in [-0.39, 0.29) is 137 Å². The maximum absolute atomic E-state index is 12.9. The third kappa shape index (κ3) is 26.1. The van der Waals surface area contributed by atoms with Gasteiger partial charge in [0.05, 0.1) is 39.6 Å². The zero-order valence-electron chi connectivity index (χ0n) is 57.6. The van der Waals surface area contributed by atoms with Crippen LogP contribution in [-0.2, 0) is 52.8 Å². The fraction of sp³-hybridized carbons (Fsp3) is 0.392. The van der Waals surface area contributed by atoms with Gasteiger partial charge in [-0.1, -0.05) is 62.8 Å². The standard InChI is InChI=1S/C25H27F3N2O5S.C25H27F3N2O3S.C24H26F3N3O5S.5H2/c1-36(34,35)19-11-9-16(10-12-19)24(33)30-21-8-3-2-7-20(21)29-23(32)14-13-22(31)17-5-4-6-18(15-17)25(26,27)28;1-34-21-11-9-16(10-12-21)24(33)30-22-8-3-2-5-17(22)14-20(31)15-29-23(32)18-6-4-7-19(13-18)25(26,27)28;25-24(26,27)18-6-3-5-17(12-18)22(32)29-14-19(31)13-16-4-1-2-7-21(16)30-23(33)15-8-10-20(11-9-15)36(28,34)35;;;;;/h4-6,9-12,15,20-21H,2-3,7-8,13-14H2,1H3,(H,29,32)(H,30,33);4,6-7,9-13,17,22H,2-3,5,8,14-15H2,1H3,(H,29,32)(H,30,33);3,5-6,8-12,16,21H,1-2,4,7,13-14H2,(H,29,32)(H,30,33)(H2,28,34,35);5*1H/t20-,21+;17-,22+;16-,21-;;;;;/m001...../s1. The van der Waals surface area contributed by atoms with Crippen molar-refractivity contribution < 1.29 is 107 Å². The van der Waals surface area contributed by atoms with Crippen molar-refractivity contribution in [1.29, 1.82) is 0 Å². The summed E-state index contributed by atoms with van der Waals surface area (Å²) in [6, 6.07) is 28.9. The van der Waals surface area contributed by atoms with E-state index in [0.717, 1.165) is 117 Å². The van der Waals surface area contributed by atoms with Crippen LogP contribution in [0.5, 0.6) is 0 Å². The highest BCUT2D eigenvalue weighted by Gasteiger charge is 2.36. The zero-order chi connectivity index (χ0) is 77.7. The van der Waals surface area contributed by atoms with Gasteiger partial charge in [0.25, 0.3) is 29.5 Å². The Balaban J connectivity index is 0.000000553. The van der Waals surface area contributed by atoms with Gasteiger partial charge in [0.15, 0.2) is 27.2 Å². The molecule has 6 atom stereocenters. The van der Waals surface area contributed by atoms with Gasteiger partial charge in [0.2, 0.25) is 15.9 Å². The Bertz CT molecular complexity index is 4190. The molecule has 0 heterocycles. The Kier molecular flexibility index (Phi) is 30.0. The number of nitrogens with one attached hydrogen (secondary N) is 6. The molecular formula is C74H90F9N7O13S3. The second kappa shape index (κ2) is 37.8. The predicted octanol–water partition coefficient (Wildman–Crippen LogP) is 13.3. The molecule has 9 rings (SSSR count). The summed E-state index contributed by atoms with van der Waals surface area (Å²) < 4.78 is 162. The van der Waals surface area contributed by atoms with Crippen LogP contribution in [-0.4, -0.2) is 119 Å². The topological polar surface area (TPSA) is 320 Å². The SMILES string of the molecule is CS(=O)(=O)c1ccc(C(=O)N[C@@H]2CCCC[C@@H]2NC(=O)CCC(=O)c2cccc(C(F)(F)F)c2)cc1.CSc1ccc(C(=O)N[C@@H]2CCCC[C@H]2CC(=O)CNC(=O)c2cccc(C(F)(F)F)c2)cc1.NS(=O)(=O)c1ccc(C(=O)N[C@@H]2CCCC[C@@H]2CC(=O)CNC(=O)c2cccc(C(F)(F)F)c2)cc1.[HH].[HH].[HH].[HH].[HH]. The minimum absolute atomic E-state index is 0. The first-order chi connectivity index (χ1) is 49.9. The number of Topliss-reactive ketones (excluding diaryl/α,β-unsaturated/α-hetero) is 3. The number of benzene rings is 6. The van der Waals surface area contributed by atoms with Crippen LogP contribution in [0.3, 0.4) is 0 Å². The number of amides is 6. The lowest BCUT2D eigenvalue weighted by Crippen LogP contribution is -2.53. The van der Waals surface area contributed by atoms with E-state index in [4.69, 9.17) is 5.14 Å². The number of hydrogen-bond donors (Lipinski definition) is 7. The summed E-state index contributed by atoms with van der Waals surface area (Å²) in [6.45, 7) is -0.621. The molecule has 0 spiro atoms. The van der Waals surface area contributed by atoms with Crippen LogP contribution in [0.1, 0.15) is 189 Å². The van der Waals surface area contributed by atoms with E-state index >= 15 is 0 Å². The maximum atomic E-state index is 12.9. The molecule has 0 unspecified atom stereocenters. The fourth-order valence-corrected chi connectivity index (χ4v) is 13.9. The number of sulfonamides is 1. The average molecular weight is 1550 g/mol. The number of thioether (sulfide) groups is 1. The molecule has 106 heavy (non-hydrogen) atoms. The average Bonchev–Trinajstić information content (AvgIpc) is 0.941. The molecule has 8 N–H and O–H groups in total. The van der Waals surface area contributed by atoms with Crippen LogP contribution >= 0.6 is 11.8 Å². The van der Waals surface area contributed by atoms with Crippen LogP contribution < -0.4 is 37.0 Å². The number of sulfone groups is 1. The molecule has 0 bridgehead atoms. The molecular weight excluding hydrogens is 1460 g/mol. The molecule has 3 aliphatic carbocycles. The van der Waals surface area contributed by atoms with E-state index in [2.05, 4.69) is 31.9 Å². The minimum Gasteiger partial charge on any atom is -0.351 e. The number of alkyl halides is 9. The predicted molar refractivity (Wildman–Crippen MR) is 386 cm³/mol. The number of nitrogens with two attached hydrogens (primary N) is 1. The van der Waals surface area contributed by atoms with Crippen LogP contribution in [0.2, 0.25) is 0 Å². The maximum Gasteiger partial charge on any atom is 0.416 e. The lowest BCUT2D eigenvalue weighted by atomic mass is 9.81. The van der Waals surface area contributed by atoms with Gasteiger partial charge in [-0.25, -0.2) is 22.0 Å². The molecule has 3 fully saturated rings. The third-order valence-corrected chi connectivity index (χ3v) is 20.9. The summed E-state index contributed by atoms with van der Waals surface area (Å²) in [5, 5.41) is 21.5. The summed E-state index contributed by atoms with van der Waals surface area (Å²) in [4.78, 5) is 113. The largest absolute Gasteiger partial charge is 0.416 e. The van der Waals surface area contributed by atoms with Crippen molar-refractivity contribution in [2.75, 3.05) is 25.6 Å². The first-order valence-electron chi connectivity index (χ1n) is 33.8. The lowest BCUT2D eigenvalue weighted by molar-refractivity contribution is -0.138. The molecule has 580 valence electrons. The summed E-state index contributed by atoms with van der Waals surface area (Å²) in [7, 11) is -7.27. The summed E-state index contributed by atoms with van der Waals surface area (Å²) in [5.41, 5.74) is -2.19. The first kappa shape index (κ1) is 84.0. The van der Waals surface area contributed by atoms with Crippen LogP contribution in [0.25, 0.3) is 0 Å². The third-order valence-electron chi connectivity index (χ3n) is 18.1.